The summed E-state index contributed by atoms with van der Waals surface area (Å²) < 4.78 is 1.75. The van der Waals surface area contributed by atoms with Crippen molar-refractivity contribution in [3.63, 3.8) is 0 Å². The fraction of sp³-hybridized carbons (Fsp3) is 0.391. The summed E-state index contributed by atoms with van der Waals surface area (Å²) in [7, 11) is 0. The number of rotatable bonds is 4. The van der Waals surface area contributed by atoms with Crippen LogP contribution in [0.15, 0.2) is 35.7 Å². The summed E-state index contributed by atoms with van der Waals surface area (Å²) in [6, 6.07) is 8.10. The second-order valence-electron chi connectivity index (χ2n) is 9.36. The van der Waals surface area contributed by atoms with Gasteiger partial charge in [-0.05, 0) is 52.2 Å². The van der Waals surface area contributed by atoms with Gasteiger partial charge in [-0.15, -0.1) is 16.4 Å². The first-order valence-electron chi connectivity index (χ1n) is 10.4. The van der Waals surface area contributed by atoms with E-state index in [0.29, 0.717) is 5.82 Å². The summed E-state index contributed by atoms with van der Waals surface area (Å²) >= 11 is 1.74. The third-order valence-electron chi connectivity index (χ3n) is 5.56. The van der Waals surface area contributed by atoms with E-state index in [-0.39, 0.29) is 17.7 Å². The molecule has 3 aromatic heterocycles. The molecule has 4 aromatic rings. The maximum Gasteiger partial charge on any atom is 0.192 e. The summed E-state index contributed by atoms with van der Waals surface area (Å²) in [6.07, 6.45) is 4.35. The number of fused-ring (bicyclic) bond motifs is 5. The molecule has 0 saturated heterocycles. The molecule has 1 aliphatic rings. The topological polar surface area (TPSA) is 76.7 Å². The first-order chi connectivity index (χ1) is 14.7. The van der Waals surface area contributed by atoms with Gasteiger partial charge in [-0.3, -0.25) is 0 Å². The van der Waals surface area contributed by atoms with Gasteiger partial charge >= 0.3 is 0 Å². The van der Waals surface area contributed by atoms with E-state index >= 15 is 0 Å². The van der Waals surface area contributed by atoms with E-state index in [9.17, 15) is 0 Å². The standard InChI is InChI=1S/C23H26N6OS/c1-14-6-8-15(9-7-14)11-25-30-12-17-26-20-18-16-10-22(2,3)28-23(4,5)19(16)31-21(18)24-13-29(20)27-17/h6-9,11,13,28H,10,12H2,1-5H3. The normalized spacial score (nSPS) is 17.5. The molecule has 0 bridgehead atoms. The van der Waals surface area contributed by atoms with Gasteiger partial charge in [0.1, 0.15) is 11.2 Å². The number of hydrogen-bond acceptors (Lipinski definition) is 7. The molecule has 5 rings (SSSR count). The molecule has 160 valence electrons. The van der Waals surface area contributed by atoms with E-state index in [4.69, 9.17) is 9.82 Å². The zero-order valence-corrected chi connectivity index (χ0v) is 19.2. The van der Waals surface area contributed by atoms with Crippen LogP contribution in [-0.2, 0) is 23.4 Å². The zero-order valence-electron chi connectivity index (χ0n) is 18.4. The smallest absolute Gasteiger partial charge is 0.192 e. The molecule has 1 aliphatic heterocycles. The van der Waals surface area contributed by atoms with Gasteiger partial charge in [0.2, 0.25) is 0 Å². The van der Waals surface area contributed by atoms with Gasteiger partial charge in [0.15, 0.2) is 18.1 Å². The van der Waals surface area contributed by atoms with E-state index < -0.39 is 0 Å². The summed E-state index contributed by atoms with van der Waals surface area (Å²) in [4.78, 5) is 17.2. The molecule has 1 N–H and O–H groups in total. The molecule has 31 heavy (non-hydrogen) atoms. The van der Waals surface area contributed by atoms with Gasteiger partial charge in [-0.1, -0.05) is 35.0 Å². The van der Waals surface area contributed by atoms with Gasteiger partial charge in [0.05, 0.1) is 11.6 Å². The Morgan fingerprint density at radius 2 is 2.00 bits per heavy atom. The highest BCUT2D eigenvalue weighted by Crippen LogP contribution is 2.44. The second-order valence-corrected chi connectivity index (χ2v) is 10.4. The molecule has 0 spiro atoms. The van der Waals surface area contributed by atoms with Crippen LogP contribution in [0.25, 0.3) is 15.9 Å². The number of thiophene rings is 1. The van der Waals surface area contributed by atoms with Crippen molar-refractivity contribution in [2.45, 2.75) is 58.7 Å². The molecule has 4 heterocycles. The Balaban J connectivity index is 1.45. The van der Waals surface area contributed by atoms with E-state index in [1.54, 1.807) is 28.4 Å². The molecule has 0 unspecified atom stereocenters. The third kappa shape index (κ3) is 3.70. The Labute approximate surface area is 185 Å². The molecular weight excluding hydrogens is 408 g/mol. The Bertz CT molecular complexity index is 1300. The average molecular weight is 435 g/mol. The summed E-state index contributed by atoms with van der Waals surface area (Å²) in [5, 5.41) is 13.5. The molecule has 0 amide bonds. The predicted octanol–water partition coefficient (Wildman–Crippen LogP) is 4.36. The Hall–Kier alpha value is -2.84. The molecule has 0 aliphatic carbocycles. The van der Waals surface area contributed by atoms with E-state index in [0.717, 1.165) is 27.8 Å². The zero-order chi connectivity index (χ0) is 21.8. The maximum absolute atomic E-state index is 5.46. The number of aromatic nitrogens is 4. The minimum absolute atomic E-state index is 0.00596. The van der Waals surface area contributed by atoms with Crippen LogP contribution in [0.3, 0.4) is 0 Å². The molecule has 0 fully saturated rings. The van der Waals surface area contributed by atoms with E-state index in [1.165, 1.54) is 16.0 Å². The lowest BCUT2D eigenvalue weighted by molar-refractivity contribution is 0.126. The van der Waals surface area contributed by atoms with Crippen LogP contribution in [0, 0.1) is 6.92 Å². The quantitative estimate of drug-likeness (QED) is 0.382. The molecule has 8 heteroatoms. The van der Waals surface area contributed by atoms with Gasteiger partial charge in [-0.2, -0.15) is 0 Å². The van der Waals surface area contributed by atoms with E-state index in [2.05, 4.69) is 55.2 Å². The van der Waals surface area contributed by atoms with Gasteiger partial charge in [0, 0.05) is 16.0 Å². The molecule has 0 radical (unpaired) electrons. The average Bonchev–Trinajstić information content (AvgIpc) is 3.26. The van der Waals surface area contributed by atoms with Gasteiger partial charge < -0.3 is 10.2 Å². The fourth-order valence-electron chi connectivity index (χ4n) is 4.47. The molecular formula is C23H26N6OS. The minimum atomic E-state index is -0.115. The van der Waals surface area contributed by atoms with Crippen molar-refractivity contribution in [2.24, 2.45) is 5.16 Å². The van der Waals surface area contributed by atoms with Crippen LogP contribution < -0.4 is 5.32 Å². The number of nitrogens with one attached hydrogen (secondary N) is 1. The van der Waals surface area contributed by atoms with Crippen molar-refractivity contribution in [2.75, 3.05) is 0 Å². The van der Waals surface area contributed by atoms with Crippen molar-refractivity contribution in [1.82, 2.24) is 24.9 Å². The van der Waals surface area contributed by atoms with Crippen LogP contribution in [0.1, 0.15) is 55.1 Å². The molecule has 0 saturated carbocycles. The Morgan fingerprint density at radius 3 is 2.77 bits per heavy atom. The van der Waals surface area contributed by atoms with Crippen LogP contribution in [0.2, 0.25) is 0 Å². The highest BCUT2D eigenvalue weighted by molar-refractivity contribution is 7.19. The lowest BCUT2D eigenvalue weighted by Crippen LogP contribution is -2.54. The summed E-state index contributed by atoms with van der Waals surface area (Å²) in [5.74, 6) is 0.586. The number of benzene rings is 1. The summed E-state index contributed by atoms with van der Waals surface area (Å²) in [6.45, 7) is 11.2. The molecule has 0 atom stereocenters. The highest BCUT2D eigenvalue weighted by atomic mass is 32.1. The molecule has 1 aromatic carbocycles. The van der Waals surface area contributed by atoms with Crippen LogP contribution in [0.4, 0.5) is 0 Å². The Kier molecular flexibility index (Phi) is 4.60. The second kappa shape index (κ2) is 7.10. The van der Waals surface area contributed by atoms with Crippen molar-refractivity contribution in [3.8, 4) is 0 Å². The van der Waals surface area contributed by atoms with Crippen molar-refractivity contribution in [3.05, 3.63) is 58.0 Å². The highest BCUT2D eigenvalue weighted by Gasteiger charge is 2.39. The Morgan fingerprint density at radius 1 is 1.23 bits per heavy atom. The van der Waals surface area contributed by atoms with Gasteiger partial charge in [0.25, 0.3) is 0 Å². The van der Waals surface area contributed by atoms with Crippen LogP contribution >= 0.6 is 11.3 Å². The first kappa shape index (κ1) is 20.1. The minimum Gasteiger partial charge on any atom is -0.387 e. The largest absolute Gasteiger partial charge is 0.387 e. The third-order valence-corrected chi connectivity index (χ3v) is 7.02. The fourth-order valence-corrected chi connectivity index (χ4v) is 5.68. The SMILES string of the molecule is Cc1ccc(C=NOCc2nc3c4c5c(sc4ncn3n2)C(C)(C)NC(C)(C)C5)cc1. The van der Waals surface area contributed by atoms with Crippen LogP contribution in [0.5, 0.6) is 0 Å². The number of aryl methyl sites for hydroxylation is 1. The summed E-state index contributed by atoms with van der Waals surface area (Å²) in [5.41, 5.74) is 4.24. The lowest BCUT2D eigenvalue weighted by atomic mass is 9.82. The van der Waals surface area contributed by atoms with Gasteiger partial charge in [-0.25, -0.2) is 14.5 Å². The predicted molar refractivity (Wildman–Crippen MR) is 124 cm³/mol. The first-order valence-corrected chi connectivity index (χ1v) is 11.2. The number of nitrogens with zero attached hydrogens (tertiary/aromatic N) is 5. The van der Waals surface area contributed by atoms with E-state index in [1.807, 2.05) is 24.3 Å². The monoisotopic (exact) mass is 434 g/mol. The van der Waals surface area contributed by atoms with Crippen LogP contribution in [-0.4, -0.2) is 31.3 Å². The molecule has 7 nitrogen and oxygen atoms in total. The number of oxime groups is 1. The maximum atomic E-state index is 5.46. The van der Waals surface area contributed by atoms with Crippen molar-refractivity contribution < 1.29 is 4.84 Å². The lowest BCUT2D eigenvalue weighted by Gasteiger charge is -2.42. The van der Waals surface area contributed by atoms with Crippen molar-refractivity contribution >= 4 is 33.4 Å². The van der Waals surface area contributed by atoms with Crippen molar-refractivity contribution in [1.29, 1.82) is 0 Å². The number of hydrogen-bond donors (Lipinski definition) is 1.